The number of methoxy groups -OCH3 is 1. The number of hydrogen-bond donors (Lipinski definition) is 0. The summed E-state index contributed by atoms with van der Waals surface area (Å²) in [6.07, 6.45) is 0.741. The first-order valence-corrected chi connectivity index (χ1v) is 9.93. The minimum atomic E-state index is 0.564. The van der Waals surface area contributed by atoms with E-state index in [0.29, 0.717) is 16.7 Å². The average Bonchev–Trinajstić information content (AvgIpc) is 3.03. The van der Waals surface area contributed by atoms with Crippen molar-refractivity contribution in [2.24, 2.45) is 0 Å². The van der Waals surface area contributed by atoms with Crippen LogP contribution < -0.4 is 0 Å². The zero-order valence-electron chi connectivity index (χ0n) is 14.4. The number of nitrogens with zero attached hydrogens (tertiary/aromatic N) is 3. The van der Waals surface area contributed by atoms with E-state index in [4.69, 9.17) is 27.9 Å². The first kappa shape index (κ1) is 19.2. The molecule has 0 unspecified atom stereocenters. The SMILES string of the molecule is COCCn1c(Cc2ccccc2)nnc1SCc1ccc(Cl)c(Cl)c1. The fourth-order valence-electron chi connectivity index (χ4n) is 2.52. The molecule has 4 nitrogen and oxygen atoms in total. The lowest BCUT2D eigenvalue weighted by Crippen LogP contribution is -2.10. The maximum atomic E-state index is 6.10. The Balaban J connectivity index is 1.76. The standard InChI is InChI=1S/C19H19Cl2N3OS/c1-25-10-9-24-18(12-14-5-3-2-4-6-14)22-23-19(24)26-13-15-7-8-16(20)17(21)11-15/h2-8,11H,9-10,12-13H2,1H3. The van der Waals surface area contributed by atoms with Crippen molar-refractivity contribution in [1.29, 1.82) is 0 Å². The number of benzene rings is 2. The van der Waals surface area contributed by atoms with Crippen molar-refractivity contribution < 1.29 is 4.74 Å². The Morgan fingerprint density at radius 3 is 2.54 bits per heavy atom. The molecule has 3 aromatic rings. The van der Waals surface area contributed by atoms with Crippen molar-refractivity contribution in [2.75, 3.05) is 13.7 Å². The summed E-state index contributed by atoms with van der Waals surface area (Å²) in [6.45, 7) is 1.33. The maximum Gasteiger partial charge on any atom is 0.191 e. The molecule has 0 spiro atoms. The van der Waals surface area contributed by atoms with Crippen molar-refractivity contribution in [3.05, 3.63) is 75.5 Å². The molecule has 0 N–H and O–H groups in total. The molecule has 7 heteroatoms. The van der Waals surface area contributed by atoms with Gasteiger partial charge in [0.15, 0.2) is 5.16 Å². The molecular formula is C19H19Cl2N3OS. The zero-order valence-corrected chi connectivity index (χ0v) is 16.7. The number of hydrogen-bond acceptors (Lipinski definition) is 4. The monoisotopic (exact) mass is 407 g/mol. The second-order valence-electron chi connectivity index (χ2n) is 5.74. The van der Waals surface area contributed by atoms with Crippen LogP contribution in [0, 0.1) is 0 Å². The molecule has 0 bridgehead atoms. The summed E-state index contributed by atoms with van der Waals surface area (Å²) in [5, 5.41) is 10.8. The van der Waals surface area contributed by atoms with Gasteiger partial charge in [-0.1, -0.05) is 71.4 Å². The number of ether oxygens (including phenoxy) is 1. The second kappa shape index (κ2) is 9.42. The van der Waals surface area contributed by atoms with Gasteiger partial charge < -0.3 is 9.30 Å². The highest BCUT2D eigenvalue weighted by Crippen LogP contribution is 2.27. The molecule has 0 fully saturated rings. The number of rotatable bonds is 8. The van der Waals surface area contributed by atoms with Gasteiger partial charge >= 0.3 is 0 Å². The summed E-state index contributed by atoms with van der Waals surface area (Å²) < 4.78 is 7.37. The molecule has 0 aliphatic rings. The minimum absolute atomic E-state index is 0.564. The molecular weight excluding hydrogens is 389 g/mol. The highest BCUT2D eigenvalue weighted by molar-refractivity contribution is 7.98. The molecule has 3 rings (SSSR count). The Labute approximate surface area is 167 Å². The third-order valence-corrected chi connectivity index (χ3v) is 5.65. The van der Waals surface area contributed by atoms with Gasteiger partial charge in [-0.05, 0) is 23.3 Å². The van der Waals surface area contributed by atoms with E-state index in [-0.39, 0.29) is 0 Å². The third-order valence-electron chi connectivity index (χ3n) is 3.87. The van der Waals surface area contributed by atoms with Crippen molar-refractivity contribution in [3.8, 4) is 0 Å². The quantitative estimate of drug-likeness (QED) is 0.486. The Kier molecular flexibility index (Phi) is 6.97. The Morgan fingerprint density at radius 2 is 1.81 bits per heavy atom. The molecule has 0 saturated heterocycles. The molecule has 2 aromatic carbocycles. The van der Waals surface area contributed by atoms with Crippen LogP contribution in [0.1, 0.15) is 17.0 Å². The normalized spacial score (nSPS) is 11.0. The Hall–Kier alpha value is -1.53. The molecule has 1 heterocycles. The largest absolute Gasteiger partial charge is 0.383 e. The second-order valence-corrected chi connectivity index (χ2v) is 7.50. The van der Waals surface area contributed by atoms with Crippen LogP contribution in [0.25, 0.3) is 0 Å². The van der Waals surface area contributed by atoms with Gasteiger partial charge in [-0.3, -0.25) is 0 Å². The highest BCUT2D eigenvalue weighted by atomic mass is 35.5. The van der Waals surface area contributed by atoms with E-state index in [9.17, 15) is 0 Å². The summed E-state index contributed by atoms with van der Waals surface area (Å²) >= 11 is 13.7. The van der Waals surface area contributed by atoms with Gasteiger partial charge in [0.1, 0.15) is 5.82 Å². The number of thioether (sulfide) groups is 1. The molecule has 1 aromatic heterocycles. The zero-order chi connectivity index (χ0) is 18.4. The van der Waals surface area contributed by atoms with Crippen molar-refractivity contribution in [3.63, 3.8) is 0 Å². The van der Waals surface area contributed by atoms with Crippen molar-refractivity contribution in [1.82, 2.24) is 14.8 Å². The molecule has 0 aliphatic heterocycles. The van der Waals surface area contributed by atoms with Crippen LogP contribution in [0.4, 0.5) is 0 Å². The topological polar surface area (TPSA) is 39.9 Å². The van der Waals surface area contributed by atoms with Crippen LogP contribution >= 0.6 is 35.0 Å². The third kappa shape index (κ3) is 5.01. The van der Waals surface area contributed by atoms with Gasteiger partial charge in [0.2, 0.25) is 0 Å². The summed E-state index contributed by atoms with van der Waals surface area (Å²) in [4.78, 5) is 0. The average molecular weight is 408 g/mol. The maximum absolute atomic E-state index is 6.10. The molecule has 0 amide bonds. The fourth-order valence-corrected chi connectivity index (χ4v) is 3.77. The van der Waals surface area contributed by atoms with E-state index < -0.39 is 0 Å². The van der Waals surface area contributed by atoms with E-state index in [1.807, 2.05) is 36.4 Å². The predicted molar refractivity (Wildman–Crippen MR) is 107 cm³/mol. The van der Waals surface area contributed by atoms with Crippen molar-refractivity contribution in [2.45, 2.75) is 23.9 Å². The van der Waals surface area contributed by atoms with Gasteiger partial charge in [0.05, 0.1) is 16.7 Å². The van der Waals surface area contributed by atoms with E-state index in [1.54, 1.807) is 18.9 Å². The van der Waals surface area contributed by atoms with E-state index in [0.717, 1.165) is 35.3 Å². The molecule has 26 heavy (non-hydrogen) atoms. The molecule has 0 atom stereocenters. The summed E-state index contributed by atoms with van der Waals surface area (Å²) in [7, 11) is 1.70. The smallest absolute Gasteiger partial charge is 0.191 e. The lowest BCUT2D eigenvalue weighted by molar-refractivity contribution is 0.184. The summed E-state index contributed by atoms with van der Waals surface area (Å²) in [5.74, 6) is 1.68. The fraction of sp³-hybridized carbons (Fsp3) is 0.263. The van der Waals surface area contributed by atoms with Crippen LogP contribution in [0.5, 0.6) is 0 Å². The van der Waals surface area contributed by atoms with Crippen LogP contribution in [0.3, 0.4) is 0 Å². The Morgan fingerprint density at radius 1 is 1.00 bits per heavy atom. The first-order valence-electron chi connectivity index (χ1n) is 8.19. The van der Waals surface area contributed by atoms with Gasteiger partial charge in [-0.15, -0.1) is 10.2 Å². The van der Waals surface area contributed by atoms with Gasteiger partial charge in [0, 0.05) is 25.8 Å². The molecule has 0 radical (unpaired) electrons. The van der Waals surface area contributed by atoms with E-state index in [1.165, 1.54) is 5.56 Å². The van der Waals surface area contributed by atoms with Crippen LogP contribution in [0.15, 0.2) is 53.7 Å². The summed E-state index contributed by atoms with van der Waals surface area (Å²) in [6, 6.07) is 15.9. The summed E-state index contributed by atoms with van der Waals surface area (Å²) in [5.41, 5.74) is 2.30. The van der Waals surface area contributed by atoms with Crippen LogP contribution in [-0.4, -0.2) is 28.5 Å². The number of halogens is 2. The first-order chi connectivity index (χ1) is 12.7. The van der Waals surface area contributed by atoms with Crippen LogP contribution in [-0.2, 0) is 23.5 Å². The van der Waals surface area contributed by atoms with Gasteiger partial charge in [-0.25, -0.2) is 0 Å². The lowest BCUT2D eigenvalue weighted by Gasteiger charge is -2.10. The Bertz CT molecular complexity index is 855. The van der Waals surface area contributed by atoms with Crippen molar-refractivity contribution >= 4 is 35.0 Å². The molecule has 0 saturated carbocycles. The minimum Gasteiger partial charge on any atom is -0.383 e. The predicted octanol–water partition coefficient (Wildman–Crippen LogP) is 5.11. The lowest BCUT2D eigenvalue weighted by atomic mass is 10.1. The molecule has 0 aliphatic carbocycles. The highest BCUT2D eigenvalue weighted by Gasteiger charge is 2.13. The van der Waals surface area contributed by atoms with Gasteiger partial charge in [0.25, 0.3) is 0 Å². The van der Waals surface area contributed by atoms with Gasteiger partial charge in [-0.2, -0.15) is 0 Å². The van der Waals surface area contributed by atoms with E-state index >= 15 is 0 Å². The molecule has 136 valence electrons. The number of aromatic nitrogens is 3. The van der Waals surface area contributed by atoms with Crippen LogP contribution in [0.2, 0.25) is 10.0 Å². The van der Waals surface area contributed by atoms with E-state index in [2.05, 4.69) is 26.9 Å².